The van der Waals surface area contributed by atoms with E-state index in [0.29, 0.717) is 29.9 Å². The minimum absolute atomic E-state index is 0.00475. The van der Waals surface area contributed by atoms with Crippen molar-refractivity contribution < 1.29 is 38.1 Å². The smallest absolute Gasteiger partial charge is 0.355 e. The molecule has 11 nitrogen and oxygen atoms in total. The van der Waals surface area contributed by atoms with Crippen LogP contribution in [0.4, 0.5) is 11.4 Å². The summed E-state index contributed by atoms with van der Waals surface area (Å²) in [4.78, 5) is 54.8. The van der Waals surface area contributed by atoms with Crippen LogP contribution in [0.1, 0.15) is 24.8 Å². The first kappa shape index (κ1) is 23.3. The molecule has 3 unspecified atom stereocenters. The molecular formula is C24H27N3O8. The van der Waals surface area contributed by atoms with Gasteiger partial charge in [-0.15, -0.1) is 0 Å². The quantitative estimate of drug-likeness (QED) is 0.486. The van der Waals surface area contributed by atoms with Crippen molar-refractivity contribution in [3.63, 3.8) is 0 Å². The Morgan fingerprint density at radius 3 is 2.60 bits per heavy atom. The van der Waals surface area contributed by atoms with E-state index in [9.17, 15) is 19.2 Å². The molecular weight excluding hydrogens is 458 g/mol. The van der Waals surface area contributed by atoms with Gasteiger partial charge >= 0.3 is 17.9 Å². The van der Waals surface area contributed by atoms with E-state index in [1.54, 1.807) is 12.1 Å². The van der Waals surface area contributed by atoms with Crippen molar-refractivity contribution in [1.29, 1.82) is 0 Å². The Labute approximate surface area is 201 Å². The zero-order chi connectivity index (χ0) is 24.9. The molecule has 0 saturated carbocycles. The fraction of sp³-hybridized carbons (Fsp3) is 0.500. The van der Waals surface area contributed by atoms with Gasteiger partial charge in [0, 0.05) is 23.0 Å². The molecule has 1 N–H and O–H groups in total. The van der Waals surface area contributed by atoms with Gasteiger partial charge in [-0.3, -0.25) is 14.5 Å². The normalized spacial score (nSPS) is 27.5. The number of nitrogens with one attached hydrogen (secondary N) is 1. The van der Waals surface area contributed by atoms with Crippen LogP contribution < -0.4 is 10.2 Å². The summed E-state index contributed by atoms with van der Waals surface area (Å²) in [5, 5.41) is 2.97. The summed E-state index contributed by atoms with van der Waals surface area (Å²) >= 11 is 0. The van der Waals surface area contributed by atoms with Crippen molar-refractivity contribution >= 4 is 35.2 Å². The number of esters is 3. The first-order valence-electron chi connectivity index (χ1n) is 11.4. The zero-order valence-electron chi connectivity index (χ0n) is 19.8. The summed E-state index contributed by atoms with van der Waals surface area (Å²) in [6.45, 7) is 0.579. The lowest BCUT2D eigenvalue weighted by Gasteiger charge is -2.34. The Hall–Kier alpha value is -3.44. The first-order valence-corrected chi connectivity index (χ1v) is 11.4. The molecule has 1 aromatic rings. The van der Waals surface area contributed by atoms with Crippen LogP contribution in [0.5, 0.6) is 0 Å². The highest BCUT2D eigenvalue weighted by molar-refractivity contribution is 6.08. The molecule has 0 bridgehead atoms. The number of nitrogens with zero attached hydrogens (tertiary/aromatic N) is 2. The maximum absolute atomic E-state index is 13.5. The third-order valence-electron chi connectivity index (χ3n) is 7.49. The SMILES string of the molecule is COC(=O)C1=C(C(=O)OC)N(c2ccc3c(c2)C2(CC(C(=O)OC)C4CCCN42)C(=O)N3)COC1. The standard InChI is InChI=1S/C24H27N3O8/c1-32-20(28)14-10-24(27-8-4-5-18(14)27)16-9-13(6-7-17(16)25-23(24)31)26-12-35-11-15(21(29)33-2)19(26)22(30)34-3/h6-7,9,14,18H,4-5,8,10-12H2,1-3H3,(H,25,31). The fourth-order valence-electron chi connectivity index (χ4n) is 5.98. The van der Waals surface area contributed by atoms with Gasteiger partial charge in [0.1, 0.15) is 18.0 Å². The fourth-order valence-corrected chi connectivity index (χ4v) is 5.98. The van der Waals surface area contributed by atoms with Gasteiger partial charge in [0.25, 0.3) is 0 Å². The number of anilines is 2. The van der Waals surface area contributed by atoms with Gasteiger partial charge in [0.2, 0.25) is 5.91 Å². The third kappa shape index (κ3) is 3.33. The van der Waals surface area contributed by atoms with E-state index in [4.69, 9.17) is 18.9 Å². The van der Waals surface area contributed by atoms with Crippen LogP contribution in [0.15, 0.2) is 29.5 Å². The Kier molecular flexibility index (Phi) is 5.76. The second-order valence-corrected chi connectivity index (χ2v) is 9.00. The zero-order valence-corrected chi connectivity index (χ0v) is 19.8. The highest BCUT2D eigenvalue weighted by atomic mass is 16.5. The van der Waals surface area contributed by atoms with Gasteiger partial charge in [-0.1, -0.05) is 0 Å². The molecule has 3 atom stereocenters. The molecule has 1 amide bonds. The molecule has 186 valence electrons. The largest absolute Gasteiger partial charge is 0.469 e. The monoisotopic (exact) mass is 485 g/mol. The van der Waals surface area contributed by atoms with E-state index in [2.05, 4.69) is 10.2 Å². The maximum atomic E-state index is 13.5. The lowest BCUT2D eigenvalue weighted by Crippen LogP contribution is -2.47. The van der Waals surface area contributed by atoms with Crippen molar-refractivity contribution in [3.8, 4) is 0 Å². The first-order chi connectivity index (χ1) is 16.9. The van der Waals surface area contributed by atoms with Crippen LogP contribution in [-0.2, 0) is 43.7 Å². The second kappa shape index (κ2) is 8.65. The molecule has 5 rings (SSSR count). The third-order valence-corrected chi connectivity index (χ3v) is 7.49. The van der Waals surface area contributed by atoms with Crippen LogP contribution in [0, 0.1) is 5.92 Å². The minimum Gasteiger partial charge on any atom is -0.469 e. The number of carbonyl (C=O) groups is 4. The molecule has 4 aliphatic rings. The molecule has 0 aromatic heterocycles. The molecule has 2 saturated heterocycles. The summed E-state index contributed by atoms with van der Waals surface area (Å²) < 4.78 is 20.4. The number of hydrogen-bond acceptors (Lipinski definition) is 10. The molecule has 4 aliphatic heterocycles. The van der Waals surface area contributed by atoms with Crippen LogP contribution in [-0.4, -0.2) is 76.0 Å². The summed E-state index contributed by atoms with van der Waals surface area (Å²) in [5.41, 5.74) is 0.939. The number of carbonyl (C=O) groups excluding carboxylic acids is 4. The summed E-state index contributed by atoms with van der Waals surface area (Å²) in [6, 6.07) is 5.22. The predicted octanol–water partition coefficient (Wildman–Crippen LogP) is 0.885. The highest BCUT2D eigenvalue weighted by Crippen LogP contribution is 2.55. The van der Waals surface area contributed by atoms with E-state index >= 15 is 0 Å². The van der Waals surface area contributed by atoms with E-state index in [1.165, 1.54) is 26.2 Å². The summed E-state index contributed by atoms with van der Waals surface area (Å²) in [6.07, 6.45) is 1.98. The van der Waals surface area contributed by atoms with Gasteiger partial charge in [-0.2, -0.15) is 0 Å². The van der Waals surface area contributed by atoms with E-state index in [0.717, 1.165) is 12.8 Å². The van der Waals surface area contributed by atoms with Crippen molar-refractivity contribution in [3.05, 3.63) is 35.0 Å². The Morgan fingerprint density at radius 2 is 1.89 bits per heavy atom. The lowest BCUT2D eigenvalue weighted by molar-refractivity contribution is -0.146. The topological polar surface area (TPSA) is 124 Å². The van der Waals surface area contributed by atoms with E-state index < -0.39 is 23.4 Å². The number of amides is 1. The van der Waals surface area contributed by atoms with Gasteiger partial charge in [0.05, 0.1) is 39.4 Å². The van der Waals surface area contributed by atoms with Crippen molar-refractivity contribution in [2.24, 2.45) is 5.92 Å². The van der Waals surface area contributed by atoms with Crippen molar-refractivity contribution in [2.75, 3.05) is 51.4 Å². The number of methoxy groups -OCH3 is 3. The molecule has 35 heavy (non-hydrogen) atoms. The van der Waals surface area contributed by atoms with Crippen molar-refractivity contribution in [1.82, 2.24) is 4.90 Å². The molecule has 11 heteroatoms. The lowest BCUT2D eigenvalue weighted by atomic mass is 9.84. The van der Waals surface area contributed by atoms with Crippen LogP contribution in [0.3, 0.4) is 0 Å². The van der Waals surface area contributed by atoms with Gasteiger partial charge < -0.3 is 29.2 Å². The average Bonchev–Trinajstić information content (AvgIpc) is 3.56. The second-order valence-electron chi connectivity index (χ2n) is 9.00. The minimum atomic E-state index is -1.03. The van der Waals surface area contributed by atoms with Gasteiger partial charge in [-0.25, -0.2) is 9.59 Å². The number of hydrogen-bond donors (Lipinski definition) is 1. The molecule has 0 aliphatic carbocycles. The molecule has 2 fully saturated rings. The molecule has 1 aromatic carbocycles. The Bertz CT molecular complexity index is 1150. The van der Waals surface area contributed by atoms with E-state index in [1.807, 2.05) is 6.07 Å². The molecule has 1 spiro atoms. The average molecular weight is 485 g/mol. The van der Waals surface area contributed by atoms with Crippen LogP contribution in [0.25, 0.3) is 0 Å². The maximum Gasteiger partial charge on any atom is 0.355 e. The highest BCUT2D eigenvalue weighted by Gasteiger charge is 2.63. The number of benzene rings is 1. The summed E-state index contributed by atoms with van der Waals surface area (Å²) in [5.74, 6) is -2.32. The van der Waals surface area contributed by atoms with E-state index in [-0.39, 0.29) is 42.5 Å². The van der Waals surface area contributed by atoms with Gasteiger partial charge in [-0.05, 0) is 44.0 Å². The summed E-state index contributed by atoms with van der Waals surface area (Å²) in [7, 11) is 3.82. The molecule has 4 heterocycles. The van der Waals surface area contributed by atoms with Crippen LogP contribution in [0.2, 0.25) is 0 Å². The number of fused-ring (bicyclic) bond motifs is 4. The number of ether oxygens (including phenoxy) is 4. The molecule has 0 radical (unpaired) electrons. The van der Waals surface area contributed by atoms with Crippen LogP contribution >= 0.6 is 0 Å². The predicted molar refractivity (Wildman–Crippen MR) is 121 cm³/mol. The Balaban J connectivity index is 1.61. The van der Waals surface area contributed by atoms with Gasteiger partial charge in [0.15, 0.2) is 0 Å². The van der Waals surface area contributed by atoms with Crippen molar-refractivity contribution in [2.45, 2.75) is 30.8 Å². The Morgan fingerprint density at radius 1 is 1.11 bits per heavy atom. The number of rotatable bonds is 4.